The van der Waals surface area contributed by atoms with E-state index in [4.69, 9.17) is 25.6 Å². The number of thiophene rings is 1. The summed E-state index contributed by atoms with van der Waals surface area (Å²) in [5, 5.41) is 5.08. The van der Waals surface area contributed by atoms with E-state index in [1.165, 1.54) is 17.5 Å². The average Bonchev–Trinajstić information content (AvgIpc) is 3.15. The summed E-state index contributed by atoms with van der Waals surface area (Å²) < 4.78 is 29.4. The molecule has 2 N–H and O–H groups in total. The average molecular weight is 603 g/mol. The summed E-state index contributed by atoms with van der Waals surface area (Å²) >= 11 is 10.8. The smallest absolute Gasteiger partial charge is 0.432 e. The molecule has 3 rings (SSSR count). The minimum absolute atomic E-state index is 0.261. The van der Waals surface area contributed by atoms with Crippen LogP contribution in [0, 0.1) is 0 Å². The second kappa shape index (κ2) is 12.2. The van der Waals surface area contributed by atoms with E-state index in [2.05, 4.69) is 21.2 Å². The molecule has 1 aromatic heterocycles. The number of nitrogens with one attached hydrogen (secondary N) is 1. The molecule has 8 nitrogen and oxygen atoms in total. The number of hydrogen-bond acceptors (Lipinski definition) is 7. The molecule has 2 unspecified atom stereocenters. The summed E-state index contributed by atoms with van der Waals surface area (Å²) in [6, 6.07) is 12.4. The Hall–Kier alpha value is -2.20. The van der Waals surface area contributed by atoms with Gasteiger partial charge >= 0.3 is 13.8 Å². The van der Waals surface area contributed by atoms with Crippen molar-refractivity contribution >= 4 is 74.7 Å². The predicted molar refractivity (Wildman–Crippen MR) is 139 cm³/mol. The molecule has 0 aliphatic heterocycles. The molecule has 0 bridgehead atoms. The number of hydrogen-bond donors (Lipinski definition) is 2. The highest BCUT2D eigenvalue weighted by molar-refractivity contribution is 9.10. The molecule has 0 saturated carbocycles. The van der Waals surface area contributed by atoms with Gasteiger partial charge in [-0.15, -0.1) is 11.3 Å². The van der Waals surface area contributed by atoms with Gasteiger partial charge in [-0.1, -0.05) is 39.7 Å². The zero-order valence-corrected chi connectivity index (χ0v) is 22.7. The maximum atomic E-state index is 13.2. The van der Waals surface area contributed by atoms with Gasteiger partial charge < -0.3 is 19.7 Å². The van der Waals surface area contributed by atoms with Crippen LogP contribution in [0.15, 0.2) is 58.5 Å². The van der Waals surface area contributed by atoms with Crippen molar-refractivity contribution in [3.8, 4) is 0 Å². The maximum Gasteiger partial charge on any atom is 0.510 e. The number of halogens is 2. The van der Waals surface area contributed by atoms with Gasteiger partial charge in [-0.25, -0.2) is 4.79 Å². The molecule has 186 valence electrons. The van der Waals surface area contributed by atoms with Crippen molar-refractivity contribution < 1.29 is 33.0 Å². The first-order valence-corrected chi connectivity index (χ1v) is 14.0. The predicted octanol–water partition coefficient (Wildman–Crippen LogP) is 6.87. The van der Waals surface area contributed by atoms with Crippen LogP contribution in [0.4, 0.5) is 4.79 Å². The van der Waals surface area contributed by atoms with E-state index in [0.717, 1.165) is 14.7 Å². The molecule has 3 aromatic rings. The van der Waals surface area contributed by atoms with Gasteiger partial charge in [0.05, 0.1) is 6.10 Å². The van der Waals surface area contributed by atoms with Crippen LogP contribution >= 0.6 is 46.5 Å². The lowest BCUT2D eigenvalue weighted by atomic mass is 10.1. The van der Waals surface area contributed by atoms with Crippen molar-refractivity contribution in [3.05, 3.63) is 74.7 Å². The maximum absolute atomic E-state index is 13.2. The fourth-order valence-electron chi connectivity index (χ4n) is 3.06. The van der Waals surface area contributed by atoms with Gasteiger partial charge in [0.15, 0.2) is 5.66 Å². The molecule has 0 aliphatic carbocycles. The van der Waals surface area contributed by atoms with Crippen LogP contribution in [-0.2, 0) is 23.4 Å². The number of carbonyl (C=O) groups is 2. The van der Waals surface area contributed by atoms with Crippen molar-refractivity contribution in [2.24, 2.45) is 0 Å². The molecule has 1 heterocycles. The molecule has 0 aliphatic rings. The molecule has 12 heteroatoms. The number of fused-ring (bicyclic) bond motifs is 1. The Morgan fingerprint density at radius 2 is 2.03 bits per heavy atom. The van der Waals surface area contributed by atoms with Crippen LogP contribution in [-0.4, -0.2) is 29.9 Å². The molecule has 2 aromatic carbocycles. The molecule has 0 spiro atoms. The second-order valence-corrected chi connectivity index (χ2v) is 11.7. The number of amides is 1. The minimum atomic E-state index is -4.70. The molecule has 35 heavy (non-hydrogen) atoms. The van der Waals surface area contributed by atoms with E-state index in [1.807, 2.05) is 24.3 Å². The van der Waals surface area contributed by atoms with Crippen LogP contribution < -0.4 is 5.32 Å². The van der Waals surface area contributed by atoms with Crippen molar-refractivity contribution in [3.63, 3.8) is 0 Å². The molecular formula is C23H22BrClNO7PS. The van der Waals surface area contributed by atoms with E-state index in [9.17, 15) is 19.0 Å². The third-order valence-corrected chi connectivity index (χ3v) is 7.88. The van der Waals surface area contributed by atoms with Gasteiger partial charge in [0.2, 0.25) is 12.7 Å². The first kappa shape index (κ1) is 27.4. The zero-order chi connectivity index (χ0) is 25.6. The Balaban J connectivity index is 1.86. The van der Waals surface area contributed by atoms with Crippen molar-refractivity contribution in [1.82, 2.24) is 5.32 Å². The lowest BCUT2D eigenvalue weighted by Crippen LogP contribution is -2.26. The SMILES string of the molecule is CC(C)OC(=O)OCOP(=O)(O)C(C(=O)NC=Cc1cccc(Br)c1)c1csc2ccc(Cl)cc12. The molecular weight excluding hydrogens is 581 g/mol. The van der Waals surface area contributed by atoms with Gasteiger partial charge in [-0.05, 0) is 72.1 Å². The van der Waals surface area contributed by atoms with Crippen molar-refractivity contribution in [2.45, 2.75) is 25.6 Å². The Labute approximate surface area is 219 Å². The van der Waals surface area contributed by atoms with Crippen LogP contribution in [0.5, 0.6) is 0 Å². The van der Waals surface area contributed by atoms with E-state index in [0.29, 0.717) is 10.4 Å². The quantitative estimate of drug-likeness (QED) is 0.156. The number of benzene rings is 2. The first-order chi connectivity index (χ1) is 16.6. The fourth-order valence-corrected chi connectivity index (χ4v) is 6.00. The lowest BCUT2D eigenvalue weighted by Gasteiger charge is -2.21. The first-order valence-electron chi connectivity index (χ1n) is 10.3. The lowest BCUT2D eigenvalue weighted by molar-refractivity contribution is -0.120. The molecule has 0 fully saturated rings. The highest BCUT2D eigenvalue weighted by Gasteiger charge is 2.41. The zero-order valence-electron chi connectivity index (χ0n) is 18.6. The normalized spacial score (nSPS) is 14.1. The van der Waals surface area contributed by atoms with Crippen molar-refractivity contribution in [1.29, 1.82) is 0 Å². The number of rotatable bonds is 9. The number of carbonyl (C=O) groups excluding carboxylic acids is 2. The van der Waals surface area contributed by atoms with E-state index in [-0.39, 0.29) is 5.56 Å². The summed E-state index contributed by atoms with van der Waals surface area (Å²) in [5.41, 5.74) is -0.562. The standard InChI is InChI=1S/C23H22BrClNO7PS/c1-14(2)33-23(28)31-13-32-34(29,30)21(19-12-35-20-7-6-17(25)11-18(19)20)22(27)26-9-8-15-4-3-5-16(24)10-15/h3-12,14,21H,13H2,1-2H3,(H,26,27)(H,29,30). The second-order valence-electron chi connectivity index (χ2n) is 7.50. The highest BCUT2D eigenvalue weighted by Crippen LogP contribution is 2.58. The highest BCUT2D eigenvalue weighted by atomic mass is 79.9. The molecule has 1 amide bonds. The van der Waals surface area contributed by atoms with Gasteiger partial charge in [0, 0.05) is 20.4 Å². The Kier molecular flexibility index (Phi) is 9.52. The third kappa shape index (κ3) is 7.64. The van der Waals surface area contributed by atoms with Crippen LogP contribution in [0.2, 0.25) is 5.02 Å². The van der Waals surface area contributed by atoms with Crippen LogP contribution in [0.1, 0.15) is 30.6 Å². The van der Waals surface area contributed by atoms with Gasteiger partial charge in [-0.3, -0.25) is 13.9 Å². The van der Waals surface area contributed by atoms with E-state index in [1.54, 1.807) is 43.5 Å². The van der Waals surface area contributed by atoms with Crippen LogP contribution in [0.3, 0.4) is 0 Å². The largest absolute Gasteiger partial charge is 0.510 e. The number of ether oxygens (including phenoxy) is 2. The topological polar surface area (TPSA) is 111 Å². The summed E-state index contributed by atoms with van der Waals surface area (Å²) in [4.78, 5) is 35.5. The summed E-state index contributed by atoms with van der Waals surface area (Å²) in [5.74, 6) is -0.786. The van der Waals surface area contributed by atoms with Gasteiger partial charge in [0.1, 0.15) is 0 Å². The summed E-state index contributed by atoms with van der Waals surface area (Å²) in [6.07, 6.45) is 1.50. The molecule has 0 radical (unpaired) electrons. The van der Waals surface area contributed by atoms with Gasteiger partial charge in [0.25, 0.3) is 0 Å². The van der Waals surface area contributed by atoms with E-state index < -0.39 is 38.2 Å². The summed E-state index contributed by atoms with van der Waals surface area (Å²) in [7, 11) is -4.70. The molecule has 2 atom stereocenters. The molecule has 0 saturated heterocycles. The third-order valence-electron chi connectivity index (χ3n) is 4.53. The van der Waals surface area contributed by atoms with Crippen molar-refractivity contribution in [2.75, 3.05) is 6.79 Å². The fraction of sp³-hybridized carbons (Fsp3) is 0.217. The Morgan fingerprint density at radius 3 is 2.74 bits per heavy atom. The minimum Gasteiger partial charge on any atom is -0.432 e. The summed E-state index contributed by atoms with van der Waals surface area (Å²) in [6.45, 7) is 2.36. The monoisotopic (exact) mass is 601 g/mol. The van der Waals surface area contributed by atoms with Crippen LogP contribution in [0.25, 0.3) is 16.2 Å². The Bertz CT molecular complexity index is 1300. The Morgan fingerprint density at radius 1 is 1.26 bits per heavy atom. The van der Waals surface area contributed by atoms with E-state index >= 15 is 0 Å². The van der Waals surface area contributed by atoms with Gasteiger partial charge in [-0.2, -0.15) is 0 Å².